The first-order chi connectivity index (χ1) is 8.77. The van der Waals surface area contributed by atoms with Crippen molar-refractivity contribution in [1.29, 1.82) is 0 Å². The summed E-state index contributed by atoms with van der Waals surface area (Å²) in [5.41, 5.74) is 4.75. The van der Waals surface area contributed by atoms with Gasteiger partial charge in [-0.05, 0) is 39.7 Å². The van der Waals surface area contributed by atoms with E-state index in [1.165, 1.54) is 10.9 Å². The third-order valence-electron chi connectivity index (χ3n) is 2.45. The fraction of sp³-hybridized carbons (Fsp3) is 0.182. The van der Waals surface area contributed by atoms with Gasteiger partial charge in [-0.25, -0.2) is 9.07 Å². The standard InChI is InChI=1S/C11H8BrF4N3/c12-9-4-18-19(10(9)17)5-6-1-7(11(14,15)16)3-8(13)2-6/h1-4H,5,17H2. The Labute approximate surface area is 114 Å². The van der Waals surface area contributed by atoms with E-state index >= 15 is 0 Å². The van der Waals surface area contributed by atoms with Gasteiger partial charge in [-0.1, -0.05) is 0 Å². The van der Waals surface area contributed by atoms with E-state index in [-0.39, 0.29) is 17.9 Å². The average molecular weight is 338 g/mol. The van der Waals surface area contributed by atoms with Gasteiger partial charge in [0.15, 0.2) is 0 Å². The van der Waals surface area contributed by atoms with Crippen LogP contribution >= 0.6 is 15.9 Å². The second-order valence-corrected chi connectivity index (χ2v) is 4.74. The first-order valence-corrected chi connectivity index (χ1v) is 5.90. The topological polar surface area (TPSA) is 43.8 Å². The molecule has 0 radical (unpaired) electrons. The molecule has 0 fully saturated rings. The molecule has 0 saturated carbocycles. The van der Waals surface area contributed by atoms with E-state index < -0.39 is 17.6 Å². The van der Waals surface area contributed by atoms with Gasteiger partial charge in [-0.3, -0.25) is 0 Å². The van der Waals surface area contributed by atoms with Gasteiger partial charge in [-0.2, -0.15) is 18.3 Å². The van der Waals surface area contributed by atoms with Gasteiger partial charge in [0, 0.05) is 0 Å². The van der Waals surface area contributed by atoms with Crippen LogP contribution < -0.4 is 5.73 Å². The minimum absolute atomic E-state index is 0.0434. The molecule has 0 aliphatic carbocycles. The maximum atomic E-state index is 13.2. The molecule has 2 N–H and O–H groups in total. The first-order valence-electron chi connectivity index (χ1n) is 5.11. The van der Waals surface area contributed by atoms with Crippen molar-refractivity contribution in [3.05, 3.63) is 45.8 Å². The number of anilines is 1. The Hall–Kier alpha value is -1.57. The first kappa shape index (κ1) is 13.9. The fourth-order valence-electron chi connectivity index (χ4n) is 1.58. The number of rotatable bonds is 2. The molecule has 0 unspecified atom stereocenters. The number of halogens is 5. The van der Waals surface area contributed by atoms with Crippen LogP contribution in [0.1, 0.15) is 11.1 Å². The van der Waals surface area contributed by atoms with Crippen molar-refractivity contribution in [3.63, 3.8) is 0 Å². The summed E-state index contributed by atoms with van der Waals surface area (Å²) in [7, 11) is 0. The summed E-state index contributed by atoms with van der Waals surface area (Å²) < 4.78 is 52.6. The SMILES string of the molecule is Nc1c(Br)cnn1Cc1cc(F)cc(C(F)(F)F)c1. The summed E-state index contributed by atoms with van der Waals surface area (Å²) in [5.74, 6) is -0.688. The van der Waals surface area contributed by atoms with Crippen molar-refractivity contribution < 1.29 is 17.6 Å². The van der Waals surface area contributed by atoms with Crippen LogP contribution in [0.5, 0.6) is 0 Å². The minimum Gasteiger partial charge on any atom is -0.383 e. The van der Waals surface area contributed by atoms with Gasteiger partial charge in [0.2, 0.25) is 0 Å². The lowest BCUT2D eigenvalue weighted by atomic mass is 10.1. The van der Waals surface area contributed by atoms with Crippen LogP contribution in [0.2, 0.25) is 0 Å². The minimum atomic E-state index is -4.59. The predicted molar refractivity (Wildman–Crippen MR) is 64.8 cm³/mol. The molecule has 0 bridgehead atoms. The Kier molecular flexibility index (Phi) is 3.53. The number of hydrogen-bond acceptors (Lipinski definition) is 2. The van der Waals surface area contributed by atoms with Crippen molar-refractivity contribution in [2.24, 2.45) is 0 Å². The molecule has 2 rings (SSSR count). The van der Waals surface area contributed by atoms with Gasteiger partial charge in [0.05, 0.1) is 22.8 Å². The van der Waals surface area contributed by atoms with E-state index in [1.807, 2.05) is 0 Å². The van der Waals surface area contributed by atoms with Crippen LogP contribution in [-0.2, 0) is 12.7 Å². The van der Waals surface area contributed by atoms with E-state index in [2.05, 4.69) is 21.0 Å². The Morgan fingerprint density at radius 1 is 1.26 bits per heavy atom. The highest BCUT2D eigenvalue weighted by molar-refractivity contribution is 9.10. The maximum Gasteiger partial charge on any atom is 0.416 e. The highest BCUT2D eigenvalue weighted by Crippen LogP contribution is 2.30. The zero-order valence-electron chi connectivity index (χ0n) is 9.38. The summed E-state index contributed by atoms with van der Waals surface area (Å²) in [4.78, 5) is 0. The lowest BCUT2D eigenvalue weighted by Crippen LogP contribution is -2.10. The molecule has 8 heteroatoms. The smallest absolute Gasteiger partial charge is 0.383 e. The highest BCUT2D eigenvalue weighted by Gasteiger charge is 2.31. The van der Waals surface area contributed by atoms with Gasteiger partial charge in [-0.15, -0.1) is 0 Å². The van der Waals surface area contributed by atoms with Crippen LogP contribution in [0, 0.1) is 5.82 Å². The normalized spacial score (nSPS) is 11.8. The van der Waals surface area contributed by atoms with Crippen LogP contribution in [0.3, 0.4) is 0 Å². The molecular weight excluding hydrogens is 330 g/mol. The molecule has 3 nitrogen and oxygen atoms in total. The highest BCUT2D eigenvalue weighted by atomic mass is 79.9. The summed E-state index contributed by atoms with van der Waals surface area (Å²) in [6, 6.07) is 2.34. The van der Waals surface area contributed by atoms with Crippen molar-refractivity contribution in [2.75, 3.05) is 5.73 Å². The molecule has 0 aliphatic rings. The van der Waals surface area contributed by atoms with Gasteiger partial charge < -0.3 is 5.73 Å². The second kappa shape index (κ2) is 4.84. The number of hydrogen-bond donors (Lipinski definition) is 1. The number of nitrogens with two attached hydrogens (primary N) is 1. The maximum absolute atomic E-state index is 13.2. The van der Waals surface area contributed by atoms with E-state index in [0.717, 1.165) is 12.1 Å². The largest absolute Gasteiger partial charge is 0.416 e. The summed E-state index contributed by atoms with van der Waals surface area (Å²) >= 11 is 3.13. The predicted octanol–water partition coefficient (Wildman–Crippen LogP) is 3.43. The molecule has 0 saturated heterocycles. The van der Waals surface area contributed by atoms with Crippen LogP contribution in [0.4, 0.5) is 23.4 Å². The van der Waals surface area contributed by atoms with Crippen molar-refractivity contribution in [3.8, 4) is 0 Å². The lowest BCUT2D eigenvalue weighted by molar-refractivity contribution is -0.137. The molecule has 0 aliphatic heterocycles. The molecule has 0 amide bonds. The molecule has 1 aromatic carbocycles. The monoisotopic (exact) mass is 337 g/mol. The molecule has 0 spiro atoms. The van der Waals surface area contributed by atoms with Crippen molar-refractivity contribution in [2.45, 2.75) is 12.7 Å². The number of alkyl halides is 3. The molecule has 102 valence electrons. The van der Waals surface area contributed by atoms with Crippen molar-refractivity contribution in [1.82, 2.24) is 9.78 Å². The summed E-state index contributed by atoms with van der Waals surface area (Å²) in [6.45, 7) is -0.0434. The summed E-state index contributed by atoms with van der Waals surface area (Å²) in [5, 5.41) is 3.87. The third-order valence-corrected chi connectivity index (χ3v) is 3.06. The van der Waals surface area contributed by atoms with Crippen LogP contribution in [-0.4, -0.2) is 9.78 Å². The van der Waals surface area contributed by atoms with Crippen LogP contribution in [0.25, 0.3) is 0 Å². The Bertz CT molecular complexity index is 606. The molecular formula is C11H8BrF4N3. The average Bonchev–Trinajstić information content (AvgIpc) is 2.59. The Morgan fingerprint density at radius 2 is 1.95 bits per heavy atom. The molecule has 19 heavy (non-hydrogen) atoms. The number of nitrogens with zero attached hydrogens (tertiary/aromatic N) is 2. The quantitative estimate of drug-likeness (QED) is 0.853. The zero-order valence-corrected chi connectivity index (χ0v) is 11.0. The lowest BCUT2D eigenvalue weighted by Gasteiger charge is -2.10. The van der Waals surface area contributed by atoms with E-state index in [0.29, 0.717) is 10.5 Å². The molecule has 1 aromatic heterocycles. The number of nitrogen functional groups attached to an aromatic ring is 1. The van der Waals surface area contributed by atoms with E-state index in [9.17, 15) is 17.6 Å². The van der Waals surface area contributed by atoms with Crippen LogP contribution in [0.15, 0.2) is 28.9 Å². The van der Waals surface area contributed by atoms with E-state index in [1.54, 1.807) is 0 Å². The Morgan fingerprint density at radius 3 is 2.47 bits per heavy atom. The van der Waals surface area contributed by atoms with Gasteiger partial charge in [0.1, 0.15) is 11.6 Å². The third kappa shape index (κ3) is 3.06. The number of aromatic nitrogens is 2. The molecule has 2 aromatic rings. The Balaban J connectivity index is 2.36. The zero-order chi connectivity index (χ0) is 14.2. The summed E-state index contributed by atoms with van der Waals surface area (Å²) in [6.07, 6.45) is -3.17. The molecule has 1 heterocycles. The van der Waals surface area contributed by atoms with E-state index in [4.69, 9.17) is 5.73 Å². The number of benzene rings is 1. The second-order valence-electron chi connectivity index (χ2n) is 3.88. The van der Waals surface area contributed by atoms with Crippen molar-refractivity contribution >= 4 is 21.7 Å². The van der Waals surface area contributed by atoms with Gasteiger partial charge in [0.25, 0.3) is 0 Å². The molecule has 0 atom stereocenters. The fourth-order valence-corrected chi connectivity index (χ4v) is 1.87. The van der Waals surface area contributed by atoms with Gasteiger partial charge >= 0.3 is 6.18 Å².